The quantitative estimate of drug-likeness (QED) is 0.335. The van der Waals surface area contributed by atoms with Crippen molar-refractivity contribution in [3.63, 3.8) is 0 Å². The van der Waals surface area contributed by atoms with E-state index in [1.165, 1.54) is 5.57 Å². The third kappa shape index (κ3) is 4.10. The number of esters is 1. The Morgan fingerprint density at radius 2 is 1.59 bits per heavy atom. The summed E-state index contributed by atoms with van der Waals surface area (Å²) in [5.74, 6) is 1.38. The lowest BCUT2D eigenvalue weighted by molar-refractivity contribution is -0.192. The second-order valence-electron chi connectivity index (χ2n) is 16.7. The minimum Gasteiger partial charge on any atom is -0.460 e. The van der Waals surface area contributed by atoms with E-state index in [2.05, 4.69) is 48.5 Å². The largest absolute Gasteiger partial charge is 0.460 e. The second kappa shape index (κ2) is 9.44. The molecule has 3 nitrogen and oxygen atoms in total. The first-order chi connectivity index (χ1) is 19.1. The zero-order valence-electron chi connectivity index (χ0n) is 26.5. The molecule has 4 saturated carbocycles. The number of carbonyl (C=O) groups is 2. The third-order valence-electron chi connectivity index (χ3n) is 14.0. The molecule has 3 unspecified atom stereocenters. The molecule has 5 aliphatic carbocycles. The van der Waals surface area contributed by atoms with Crippen molar-refractivity contribution < 1.29 is 14.3 Å². The van der Waals surface area contributed by atoms with Gasteiger partial charge in [0.1, 0.15) is 12.4 Å². The lowest BCUT2D eigenvalue weighted by atomic mass is 9.33. The van der Waals surface area contributed by atoms with Gasteiger partial charge in [-0.3, -0.25) is 9.59 Å². The Bertz CT molecular complexity index is 1280. The van der Waals surface area contributed by atoms with Crippen LogP contribution in [0.2, 0.25) is 0 Å². The normalized spacial score (nSPS) is 42.8. The van der Waals surface area contributed by atoms with E-state index in [1.54, 1.807) is 0 Å². The summed E-state index contributed by atoms with van der Waals surface area (Å²) in [5, 5.41) is 1.02. The van der Waals surface area contributed by atoms with Gasteiger partial charge in [0.15, 0.2) is 0 Å². The number of halogens is 1. The topological polar surface area (TPSA) is 43.4 Å². The van der Waals surface area contributed by atoms with Crippen molar-refractivity contribution in [3.05, 3.63) is 46.5 Å². The van der Waals surface area contributed by atoms with Crippen LogP contribution >= 0.6 is 11.6 Å². The molecule has 0 amide bonds. The zero-order valence-corrected chi connectivity index (χ0v) is 27.3. The molecule has 0 aliphatic heterocycles. The number of carbonyl (C=O) groups excluding carboxylic acids is 2. The Morgan fingerprint density at radius 1 is 0.902 bits per heavy atom. The number of rotatable bonds is 3. The molecule has 41 heavy (non-hydrogen) atoms. The van der Waals surface area contributed by atoms with E-state index in [0.717, 1.165) is 68.4 Å². The van der Waals surface area contributed by atoms with Crippen molar-refractivity contribution in [2.24, 2.45) is 50.2 Å². The molecule has 1 aromatic rings. The summed E-state index contributed by atoms with van der Waals surface area (Å²) < 4.78 is 6.16. The average Bonchev–Trinajstić information content (AvgIpc) is 2.91. The fourth-order valence-electron chi connectivity index (χ4n) is 11.3. The Balaban J connectivity index is 1.40. The summed E-state index contributed by atoms with van der Waals surface area (Å²) in [6.45, 7) is 17.0. The molecule has 0 saturated heterocycles. The zero-order chi connectivity index (χ0) is 29.6. The van der Waals surface area contributed by atoms with Gasteiger partial charge in [-0.25, -0.2) is 0 Å². The van der Waals surface area contributed by atoms with Crippen LogP contribution in [0.5, 0.6) is 0 Å². The molecule has 0 radical (unpaired) electrons. The predicted molar refractivity (Wildman–Crippen MR) is 165 cm³/mol. The highest BCUT2D eigenvalue weighted by Crippen LogP contribution is 2.76. The fourth-order valence-corrected chi connectivity index (χ4v) is 11.8. The van der Waals surface area contributed by atoms with Gasteiger partial charge in [-0.05, 0) is 108 Å². The number of Topliss-reactive ketones (excluding diaryl/α,β-unsaturated/α-hetero) is 1. The van der Waals surface area contributed by atoms with Gasteiger partial charge in [0.25, 0.3) is 0 Å². The summed E-state index contributed by atoms with van der Waals surface area (Å²) in [7, 11) is 0. The van der Waals surface area contributed by atoms with Crippen LogP contribution in [-0.4, -0.2) is 11.8 Å². The molecule has 0 bridgehead atoms. The maximum atomic E-state index is 14.2. The highest BCUT2D eigenvalue weighted by atomic mass is 35.5. The molecule has 0 spiro atoms. The first-order valence-electron chi connectivity index (χ1n) is 16.2. The van der Waals surface area contributed by atoms with Crippen LogP contribution in [0.3, 0.4) is 0 Å². The van der Waals surface area contributed by atoms with E-state index in [9.17, 15) is 9.59 Å². The molecule has 0 aromatic heterocycles. The first-order valence-corrected chi connectivity index (χ1v) is 16.6. The monoisotopic (exact) mass is 578 g/mol. The molecule has 4 heteroatoms. The number of hydrogen-bond acceptors (Lipinski definition) is 3. The number of ether oxygens (including phenoxy) is 1. The number of benzene rings is 1. The molecular weight excluding hydrogens is 528 g/mol. The van der Waals surface area contributed by atoms with Gasteiger partial charge in [-0.15, -0.1) is 0 Å². The van der Waals surface area contributed by atoms with Gasteiger partial charge in [0.05, 0.1) is 5.41 Å². The van der Waals surface area contributed by atoms with Crippen LogP contribution in [0, 0.1) is 50.2 Å². The molecule has 224 valence electrons. The average molecular weight is 579 g/mol. The number of hydrogen-bond donors (Lipinski definition) is 0. The van der Waals surface area contributed by atoms with Gasteiger partial charge in [0, 0.05) is 16.9 Å². The van der Waals surface area contributed by atoms with E-state index in [-0.39, 0.29) is 39.0 Å². The second-order valence-corrected chi connectivity index (χ2v) is 17.2. The minimum absolute atomic E-state index is 0.0173. The molecule has 0 heterocycles. The summed E-state index contributed by atoms with van der Waals surface area (Å²) in [6.07, 6.45) is 9.51. The molecule has 0 N–H and O–H groups in total. The summed E-state index contributed by atoms with van der Waals surface area (Å²) in [4.78, 5) is 27.3. The first kappa shape index (κ1) is 29.5. The van der Waals surface area contributed by atoms with Crippen LogP contribution in [0.1, 0.15) is 118 Å². The molecule has 4 fully saturated rings. The molecule has 6 rings (SSSR count). The predicted octanol–water partition coefficient (Wildman–Crippen LogP) is 9.67. The van der Waals surface area contributed by atoms with Crippen molar-refractivity contribution in [1.82, 2.24) is 0 Å². The van der Waals surface area contributed by atoms with Crippen molar-refractivity contribution in [1.29, 1.82) is 0 Å². The molecule has 1 aromatic carbocycles. The van der Waals surface area contributed by atoms with E-state index < -0.39 is 5.41 Å². The van der Waals surface area contributed by atoms with E-state index in [1.807, 2.05) is 30.3 Å². The van der Waals surface area contributed by atoms with Crippen molar-refractivity contribution in [2.45, 2.75) is 119 Å². The maximum absolute atomic E-state index is 14.2. The summed E-state index contributed by atoms with van der Waals surface area (Å²) >= 11 is 7.57. The highest BCUT2D eigenvalue weighted by Gasteiger charge is 2.70. The summed E-state index contributed by atoms with van der Waals surface area (Å²) in [5.41, 5.74) is 1.93. The Hall–Kier alpha value is -1.61. The Kier molecular flexibility index (Phi) is 6.79. The number of fused-ring (bicyclic) bond motifs is 7. The van der Waals surface area contributed by atoms with Crippen LogP contribution < -0.4 is 0 Å². The van der Waals surface area contributed by atoms with Gasteiger partial charge < -0.3 is 4.74 Å². The lowest BCUT2D eigenvalue weighted by Crippen LogP contribution is -2.65. The SMILES string of the molecule is CC1(C)CC[C@]2(C(=O)OCc3ccccc3)CC[C@]3(C)C(=C(Cl)CC4[C@@]5(C)CCC(=O)C(C)(C)C5CC[C@]43C)C2C1. The van der Waals surface area contributed by atoms with Gasteiger partial charge >= 0.3 is 5.97 Å². The molecule has 7 atom stereocenters. The van der Waals surface area contributed by atoms with Gasteiger partial charge in [-0.2, -0.15) is 0 Å². The Labute approximate surface area is 253 Å². The lowest BCUT2D eigenvalue weighted by Gasteiger charge is -2.71. The van der Waals surface area contributed by atoms with Crippen LogP contribution in [0.4, 0.5) is 0 Å². The fraction of sp³-hybridized carbons (Fsp3) is 0.730. The maximum Gasteiger partial charge on any atom is 0.313 e. The Morgan fingerprint density at radius 3 is 2.29 bits per heavy atom. The smallest absolute Gasteiger partial charge is 0.313 e. The van der Waals surface area contributed by atoms with Crippen LogP contribution in [0.15, 0.2) is 40.9 Å². The molecular formula is C37H51ClO3. The van der Waals surface area contributed by atoms with Crippen LogP contribution in [-0.2, 0) is 20.9 Å². The summed E-state index contributed by atoms with van der Waals surface area (Å²) in [6, 6.07) is 10.1. The van der Waals surface area contributed by atoms with E-state index in [0.29, 0.717) is 30.6 Å². The highest BCUT2D eigenvalue weighted by molar-refractivity contribution is 6.30. The van der Waals surface area contributed by atoms with Crippen molar-refractivity contribution in [3.8, 4) is 0 Å². The van der Waals surface area contributed by atoms with Crippen LogP contribution in [0.25, 0.3) is 0 Å². The van der Waals surface area contributed by atoms with Crippen molar-refractivity contribution in [2.75, 3.05) is 0 Å². The van der Waals surface area contributed by atoms with E-state index in [4.69, 9.17) is 16.3 Å². The number of ketones is 1. The van der Waals surface area contributed by atoms with E-state index >= 15 is 0 Å². The van der Waals surface area contributed by atoms with Gasteiger partial charge in [-0.1, -0.05) is 90.4 Å². The molecule has 5 aliphatic rings. The number of allylic oxidation sites excluding steroid dienone is 2. The van der Waals surface area contributed by atoms with Crippen molar-refractivity contribution >= 4 is 23.4 Å². The standard InChI is InChI=1S/C37H51ClO3/c1-32(2)17-19-37(31(40)41-23-24-11-9-8-10-12-24)20-18-36(7)30(25(37)22-32)26(38)21-28-34(5)15-14-29(39)33(3,4)27(34)13-16-35(28,36)6/h8-12,25,27-28H,13-23H2,1-7H3/t25?,27?,28?,34-,35+,36+,37-/m0/s1. The third-order valence-corrected chi connectivity index (χ3v) is 14.4. The van der Waals surface area contributed by atoms with Gasteiger partial charge in [0.2, 0.25) is 0 Å². The minimum atomic E-state index is -0.497.